The summed E-state index contributed by atoms with van der Waals surface area (Å²) in [6, 6.07) is 6.87. The Kier molecular flexibility index (Phi) is 4.11. The highest BCUT2D eigenvalue weighted by Crippen LogP contribution is 2.49. The molecule has 1 heterocycles. The Bertz CT molecular complexity index is 614. The number of rotatable bonds is 3. The van der Waals surface area contributed by atoms with Gasteiger partial charge in [-0.2, -0.15) is 0 Å². The normalized spacial score (nSPS) is 27.6. The summed E-state index contributed by atoms with van der Waals surface area (Å²) in [7, 11) is 0. The number of carbonyl (C=O) groups excluding carboxylic acids is 1. The Hall–Kier alpha value is -1.42. The zero-order valence-corrected chi connectivity index (χ0v) is 14.2. The molecule has 2 aliphatic carbocycles. The molecule has 1 atom stereocenters. The van der Waals surface area contributed by atoms with Crippen molar-refractivity contribution in [1.82, 2.24) is 5.32 Å². The van der Waals surface area contributed by atoms with Gasteiger partial charge >= 0.3 is 0 Å². The number of hydrogen-bond donors (Lipinski definition) is 1. The molecule has 1 spiro atoms. The summed E-state index contributed by atoms with van der Waals surface area (Å²) >= 11 is 0. The predicted octanol–water partition coefficient (Wildman–Crippen LogP) is 3.86. The van der Waals surface area contributed by atoms with Gasteiger partial charge in [-0.25, -0.2) is 4.39 Å². The lowest BCUT2D eigenvalue weighted by molar-refractivity contribution is -0.130. The Morgan fingerprint density at radius 3 is 2.58 bits per heavy atom. The molecule has 1 aromatic carbocycles. The van der Waals surface area contributed by atoms with Gasteiger partial charge in [0.2, 0.25) is 5.91 Å². The predicted molar refractivity (Wildman–Crippen MR) is 90.2 cm³/mol. The molecule has 0 radical (unpaired) electrons. The van der Waals surface area contributed by atoms with Crippen LogP contribution in [0.2, 0.25) is 0 Å². The Labute approximate surface area is 143 Å². The van der Waals surface area contributed by atoms with Crippen molar-refractivity contribution in [3.63, 3.8) is 0 Å². The highest BCUT2D eigenvalue weighted by atomic mass is 19.1. The number of halogens is 1. The van der Waals surface area contributed by atoms with Crippen LogP contribution in [-0.2, 0) is 14.9 Å². The van der Waals surface area contributed by atoms with E-state index in [4.69, 9.17) is 4.74 Å². The van der Waals surface area contributed by atoms with Gasteiger partial charge < -0.3 is 10.1 Å². The molecule has 2 saturated carbocycles. The molecule has 0 aromatic heterocycles. The van der Waals surface area contributed by atoms with Crippen LogP contribution >= 0.6 is 0 Å². The van der Waals surface area contributed by atoms with Crippen molar-refractivity contribution < 1.29 is 13.9 Å². The molecule has 3 fully saturated rings. The van der Waals surface area contributed by atoms with Gasteiger partial charge in [-0.05, 0) is 44.6 Å². The monoisotopic (exact) mass is 331 g/mol. The number of amides is 1. The molecule has 1 N–H and O–H groups in total. The van der Waals surface area contributed by atoms with Crippen LogP contribution in [0, 0.1) is 5.82 Å². The number of hydrogen-bond acceptors (Lipinski definition) is 2. The molecule has 0 unspecified atom stereocenters. The van der Waals surface area contributed by atoms with Crippen LogP contribution in [0.4, 0.5) is 4.39 Å². The molecule has 4 rings (SSSR count). The summed E-state index contributed by atoms with van der Waals surface area (Å²) < 4.78 is 20.3. The second kappa shape index (κ2) is 6.14. The molecule has 3 nitrogen and oxygen atoms in total. The van der Waals surface area contributed by atoms with Crippen molar-refractivity contribution in [2.75, 3.05) is 6.61 Å². The Balaban J connectivity index is 1.45. The molecular formula is C20H26FNO2. The average Bonchev–Trinajstić information content (AvgIpc) is 3.38. The van der Waals surface area contributed by atoms with E-state index >= 15 is 0 Å². The van der Waals surface area contributed by atoms with E-state index in [-0.39, 0.29) is 23.4 Å². The van der Waals surface area contributed by atoms with E-state index in [0.717, 1.165) is 45.1 Å². The standard InChI is InChI=1S/C20H26FNO2/c21-17-7-3-2-6-16(17)20(11-12-20)18(23)22-15-8-13-24-19(14-15)9-4-1-5-10-19/h2-3,6-7,15H,1,4-5,8-14H2,(H,22,23)/t15-/m1/s1. The smallest absolute Gasteiger partial charge is 0.230 e. The lowest BCUT2D eigenvalue weighted by Gasteiger charge is -2.44. The Morgan fingerprint density at radius 2 is 1.88 bits per heavy atom. The highest BCUT2D eigenvalue weighted by molar-refractivity contribution is 5.91. The van der Waals surface area contributed by atoms with Crippen LogP contribution in [0.5, 0.6) is 0 Å². The maximum atomic E-state index is 14.1. The van der Waals surface area contributed by atoms with Crippen LogP contribution in [0.25, 0.3) is 0 Å². The first-order chi connectivity index (χ1) is 11.6. The third-order valence-electron chi connectivity index (χ3n) is 6.17. The minimum atomic E-state index is -0.636. The van der Waals surface area contributed by atoms with E-state index in [9.17, 15) is 9.18 Å². The lowest BCUT2D eigenvalue weighted by Crippen LogP contribution is -2.51. The quantitative estimate of drug-likeness (QED) is 0.913. The summed E-state index contributed by atoms with van der Waals surface area (Å²) in [6.45, 7) is 0.720. The van der Waals surface area contributed by atoms with E-state index in [1.807, 2.05) is 6.07 Å². The molecule has 3 aliphatic rings. The number of benzene rings is 1. The van der Waals surface area contributed by atoms with Gasteiger partial charge in [-0.3, -0.25) is 4.79 Å². The Morgan fingerprint density at radius 1 is 1.12 bits per heavy atom. The van der Waals surface area contributed by atoms with Gasteiger partial charge in [0.25, 0.3) is 0 Å². The van der Waals surface area contributed by atoms with Gasteiger partial charge in [-0.15, -0.1) is 0 Å². The summed E-state index contributed by atoms with van der Waals surface area (Å²) in [5, 5.41) is 3.23. The molecule has 1 saturated heterocycles. The topological polar surface area (TPSA) is 38.3 Å². The second-order valence-electron chi connectivity index (χ2n) is 7.82. The van der Waals surface area contributed by atoms with Crippen LogP contribution in [-0.4, -0.2) is 24.2 Å². The maximum Gasteiger partial charge on any atom is 0.230 e. The van der Waals surface area contributed by atoms with Gasteiger partial charge in [0.1, 0.15) is 5.82 Å². The van der Waals surface area contributed by atoms with E-state index in [1.165, 1.54) is 25.3 Å². The summed E-state index contributed by atoms with van der Waals surface area (Å²) in [5.41, 5.74) is -0.103. The number of nitrogens with one attached hydrogen (secondary N) is 1. The average molecular weight is 331 g/mol. The van der Waals surface area contributed by atoms with Crippen LogP contribution < -0.4 is 5.32 Å². The molecule has 1 amide bonds. The van der Waals surface area contributed by atoms with Gasteiger partial charge in [0, 0.05) is 18.2 Å². The number of ether oxygens (including phenoxy) is 1. The van der Waals surface area contributed by atoms with Crippen molar-refractivity contribution in [3.8, 4) is 0 Å². The SMILES string of the molecule is O=C(N[C@@H]1CCOC2(CCCCC2)C1)C1(c2ccccc2F)CC1. The molecule has 24 heavy (non-hydrogen) atoms. The fourth-order valence-electron chi connectivity index (χ4n) is 4.61. The summed E-state index contributed by atoms with van der Waals surface area (Å²) in [5.74, 6) is -0.258. The first kappa shape index (κ1) is 16.1. The van der Waals surface area contributed by atoms with Gasteiger partial charge in [0.15, 0.2) is 0 Å². The lowest BCUT2D eigenvalue weighted by atomic mass is 9.78. The zero-order chi connectivity index (χ0) is 16.6. The fourth-order valence-corrected chi connectivity index (χ4v) is 4.61. The number of carbonyl (C=O) groups is 1. The van der Waals surface area contributed by atoms with E-state index in [1.54, 1.807) is 12.1 Å². The van der Waals surface area contributed by atoms with Crippen molar-refractivity contribution >= 4 is 5.91 Å². The van der Waals surface area contributed by atoms with Gasteiger partial charge in [0.05, 0.1) is 11.0 Å². The van der Waals surface area contributed by atoms with Crippen LogP contribution in [0.3, 0.4) is 0 Å². The molecule has 0 bridgehead atoms. The summed E-state index contributed by atoms with van der Waals surface area (Å²) in [4.78, 5) is 12.9. The van der Waals surface area contributed by atoms with Gasteiger partial charge in [-0.1, -0.05) is 37.5 Å². The van der Waals surface area contributed by atoms with E-state index in [2.05, 4.69) is 5.32 Å². The van der Waals surface area contributed by atoms with Crippen molar-refractivity contribution in [2.24, 2.45) is 0 Å². The first-order valence-electron chi connectivity index (χ1n) is 9.34. The van der Waals surface area contributed by atoms with Crippen molar-refractivity contribution in [3.05, 3.63) is 35.6 Å². The molecular weight excluding hydrogens is 305 g/mol. The summed E-state index contributed by atoms with van der Waals surface area (Å²) in [6.07, 6.45) is 9.21. The van der Waals surface area contributed by atoms with Crippen molar-refractivity contribution in [2.45, 2.75) is 74.8 Å². The molecule has 130 valence electrons. The largest absolute Gasteiger partial charge is 0.375 e. The fraction of sp³-hybridized carbons (Fsp3) is 0.650. The zero-order valence-electron chi connectivity index (χ0n) is 14.2. The van der Waals surface area contributed by atoms with Crippen LogP contribution in [0.1, 0.15) is 63.4 Å². The van der Waals surface area contributed by atoms with E-state index in [0.29, 0.717) is 5.56 Å². The van der Waals surface area contributed by atoms with Crippen molar-refractivity contribution in [1.29, 1.82) is 0 Å². The minimum Gasteiger partial charge on any atom is -0.375 e. The third-order valence-corrected chi connectivity index (χ3v) is 6.17. The maximum absolute atomic E-state index is 14.1. The third kappa shape index (κ3) is 2.85. The highest BCUT2D eigenvalue weighted by Gasteiger charge is 2.53. The molecule has 4 heteroatoms. The molecule has 1 aliphatic heterocycles. The van der Waals surface area contributed by atoms with E-state index < -0.39 is 5.41 Å². The first-order valence-corrected chi connectivity index (χ1v) is 9.34. The second-order valence-corrected chi connectivity index (χ2v) is 7.82. The molecule has 1 aromatic rings. The van der Waals surface area contributed by atoms with Crippen LogP contribution in [0.15, 0.2) is 24.3 Å². The minimum absolute atomic E-state index is 0.00506.